The summed E-state index contributed by atoms with van der Waals surface area (Å²) in [6.45, 7) is 5.07. The topological polar surface area (TPSA) is 98.9 Å². The van der Waals surface area contributed by atoms with Gasteiger partial charge in [-0.3, -0.25) is 14.5 Å². The van der Waals surface area contributed by atoms with Crippen molar-refractivity contribution in [2.24, 2.45) is 5.73 Å². The van der Waals surface area contributed by atoms with Crippen molar-refractivity contribution in [3.8, 4) is 5.75 Å². The standard InChI is InChI=1S/C20H24N4O3/c1-14(20(27)22-16-4-2-15(3-5-16)19(21)26)23-10-12-24(13-11-23)17-6-8-18(25)9-7-17/h2-9,14,25H,10-13H2,1H3,(H2,21,26)(H,22,27)/t14-/m1/s1. The number of aromatic hydroxyl groups is 1. The van der Waals surface area contributed by atoms with Gasteiger partial charge in [-0.2, -0.15) is 0 Å². The van der Waals surface area contributed by atoms with E-state index in [1.165, 1.54) is 0 Å². The predicted octanol–water partition coefficient (Wildman–Crippen LogP) is 1.64. The van der Waals surface area contributed by atoms with Gasteiger partial charge in [0.05, 0.1) is 6.04 Å². The minimum absolute atomic E-state index is 0.0834. The molecule has 0 radical (unpaired) electrons. The van der Waals surface area contributed by atoms with E-state index in [0.717, 1.165) is 31.9 Å². The first-order valence-corrected chi connectivity index (χ1v) is 8.93. The first-order chi connectivity index (χ1) is 12.9. The highest BCUT2D eigenvalue weighted by molar-refractivity contribution is 5.96. The quantitative estimate of drug-likeness (QED) is 0.745. The van der Waals surface area contributed by atoms with Crippen LogP contribution in [-0.4, -0.2) is 54.0 Å². The number of rotatable bonds is 5. The largest absolute Gasteiger partial charge is 0.508 e. The summed E-state index contributed by atoms with van der Waals surface area (Å²) < 4.78 is 0. The van der Waals surface area contributed by atoms with Crippen LogP contribution in [0.5, 0.6) is 5.75 Å². The number of primary amides is 1. The Kier molecular flexibility index (Phi) is 5.61. The van der Waals surface area contributed by atoms with Gasteiger partial charge in [-0.15, -0.1) is 0 Å². The van der Waals surface area contributed by atoms with Gasteiger partial charge in [-0.05, 0) is 55.5 Å². The van der Waals surface area contributed by atoms with E-state index in [1.54, 1.807) is 36.4 Å². The van der Waals surface area contributed by atoms with Crippen LogP contribution in [0.1, 0.15) is 17.3 Å². The van der Waals surface area contributed by atoms with Crippen molar-refractivity contribution in [3.05, 3.63) is 54.1 Å². The molecule has 4 N–H and O–H groups in total. The first-order valence-electron chi connectivity index (χ1n) is 8.93. The third kappa shape index (κ3) is 4.57. The van der Waals surface area contributed by atoms with Gasteiger partial charge in [0.1, 0.15) is 5.75 Å². The zero-order chi connectivity index (χ0) is 19.4. The second-order valence-corrected chi connectivity index (χ2v) is 6.65. The molecule has 0 saturated carbocycles. The fourth-order valence-electron chi connectivity index (χ4n) is 3.16. The molecule has 142 valence electrons. The normalized spacial score (nSPS) is 16.0. The number of nitrogens with two attached hydrogens (primary N) is 1. The Morgan fingerprint density at radius 2 is 1.59 bits per heavy atom. The van der Waals surface area contributed by atoms with Gasteiger partial charge in [0.15, 0.2) is 0 Å². The number of carbonyl (C=O) groups is 2. The van der Waals surface area contributed by atoms with E-state index >= 15 is 0 Å². The summed E-state index contributed by atoms with van der Waals surface area (Å²) in [4.78, 5) is 28.0. The lowest BCUT2D eigenvalue weighted by Gasteiger charge is -2.38. The van der Waals surface area contributed by atoms with Crippen LogP contribution in [0.3, 0.4) is 0 Å². The van der Waals surface area contributed by atoms with Gasteiger partial charge < -0.3 is 21.1 Å². The third-order valence-electron chi connectivity index (χ3n) is 4.89. The van der Waals surface area contributed by atoms with Gasteiger partial charge in [0.2, 0.25) is 11.8 Å². The van der Waals surface area contributed by atoms with Crippen LogP contribution >= 0.6 is 0 Å². The Morgan fingerprint density at radius 1 is 1.00 bits per heavy atom. The lowest BCUT2D eigenvalue weighted by atomic mass is 10.1. The molecule has 2 aromatic carbocycles. The van der Waals surface area contributed by atoms with E-state index in [4.69, 9.17) is 5.73 Å². The van der Waals surface area contributed by atoms with Crippen LogP contribution in [0.25, 0.3) is 0 Å². The minimum atomic E-state index is -0.493. The van der Waals surface area contributed by atoms with E-state index in [-0.39, 0.29) is 17.7 Å². The van der Waals surface area contributed by atoms with Crippen LogP contribution in [0.15, 0.2) is 48.5 Å². The molecule has 2 aromatic rings. The van der Waals surface area contributed by atoms with Crippen molar-refractivity contribution in [2.75, 3.05) is 36.4 Å². The number of hydrogen-bond donors (Lipinski definition) is 3. The molecule has 1 atom stereocenters. The zero-order valence-corrected chi connectivity index (χ0v) is 15.3. The molecule has 0 spiro atoms. The average molecular weight is 368 g/mol. The van der Waals surface area contributed by atoms with Gasteiger partial charge in [0, 0.05) is 43.1 Å². The van der Waals surface area contributed by atoms with E-state index in [1.807, 2.05) is 19.1 Å². The second kappa shape index (κ2) is 8.09. The molecule has 1 fully saturated rings. The number of carbonyl (C=O) groups excluding carboxylic acids is 2. The van der Waals surface area contributed by atoms with Crippen LogP contribution < -0.4 is 16.0 Å². The number of phenols is 1. The van der Waals surface area contributed by atoms with Crippen LogP contribution in [0, 0.1) is 0 Å². The molecular formula is C20H24N4O3. The smallest absolute Gasteiger partial charge is 0.248 e. The fraction of sp³-hybridized carbons (Fsp3) is 0.300. The number of amides is 2. The summed E-state index contributed by atoms with van der Waals surface area (Å²) in [5, 5.41) is 12.3. The van der Waals surface area contributed by atoms with Crippen molar-refractivity contribution in [3.63, 3.8) is 0 Å². The Bertz CT molecular complexity index is 797. The summed E-state index contributed by atoms with van der Waals surface area (Å²) in [6, 6.07) is 13.4. The molecule has 0 aliphatic carbocycles. The van der Waals surface area contributed by atoms with E-state index < -0.39 is 5.91 Å². The molecule has 27 heavy (non-hydrogen) atoms. The fourth-order valence-corrected chi connectivity index (χ4v) is 3.16. The molecular weight excluding hydrogens is 344 g/mol. The summed E-state index contributed by atoms with van der Waals surface area (Å²) in [7, 11) is 0. The SMILES string of the molecule is C[C@H](C(=O)Nc1ccc(C(N)=O)cc1)N1CCN(c2ccc(O)cc2)CC1. The molecule has 2 amide bonds. The average Bonchev–Trinajstić information content (AvgIpc) is 2.68. The Hall–Kier alpha value is -3.06. The zero-order valence-electron chi connectivity index (χ0n) is 15.3. The van der Waals surface area contributed by atoms with Gasteiger partial charge in [-0.1, -0.05) is 0 Å². The maximum atomic E-state index is 12.5. The van der Waals surface area contributed by atoms with Crippen molar-refractivity contribution >= 4 is 23.2 Å². The number of benzene rings is 2. The maximum Gasteiger partial charge on any atom is 0.248 e. The number of anilines is 2. The highest BCUT2D eigenvalue weighted by Crippen LogP contribution is 2.20. The van der Waals surface area contributed by atoms with Gasteiger partial charge in [-0.25, -0.2) is 0 Å². The summed E-state index contributed by atoms with van der Waals surface area (Å²) in [5.74, 6) is -0.320. The van der Waals surface area contributed by atoms with Gasteiger partial charge >= 0.3 is 0 Å². The molecule has 7 nitrogen and oxygen atoms in total. The van der Waals surface area contributed by atoms with E-state index in [2.05, 4.69) is 15.1 Å². The number of piperazine rings is 1. The van der Waals surface area contributed by atoms with Gasteiger partial charge in [0.25, 0.3) is 0 Å². The molecule has 3 rings (SSSR count). The third-order valence-corrected chi connectivity index (χ3v) is 4.89. The highest BCUT2D eigenvalue weighted by atomic mass is 16.3. The molecule has 1 saturated heterocycles. The monoisotopic (exact) mass is 368 g/mol. The molecule has 0 bridgehead atoms. The van der Waals surface area contributed by atoms with Crippen molar-refractivity contribution < 1.29 is 14.7 Å². The Balaban J connectivity index is 1.53. The Labute approximate surface area is 158 Å². The molecule has 0 unspecified atom stereocenters. The van der Waals surface area contributed by atoms with E-state index in [9.17, 15) is 14.7 Å². The van der Waals surface area contributed by atoms with Crippen molar-refractivity contribution in [2.45, 2.75) is 13.0 Å². The molecule has 7 heteroatoms. The molecule has 0 aromatic heterocycles. The lowest BCUT2D eigenvalue weighted by Crippen LogP contribution is -2.52. The van der Waals surface area contributed by atoms with Crippen molar-refractivity contribution in [1.82, 2.24) is 4.90 Å². The summed E-state index contributed by atoms with van der Waals surface area (Å²) in [5.41, 5.74) is 7.34. The molecule has 1 aliphatic heterocycles. The van der Waals surface area contributed by atoms with Crippen LogP contribution in [-0.2, 0) is 4.79 Å². The maximum absolute atomic E-state index is 12.5. The van der Waals surface area contributed by atoms with Crippen LogP contribution in [0.4, 0.5) is 11.4 Å². The number of phenolic OH excluding ortho intramolecular Hbond substituents is 1. The minimum Gasteiger partial charge on any atom is -0.508 e. The summed E-state index contributed by atoms with van der Waals surface area (Å²) in [6.07, 6.45) is 0. The number of nitrogens with one attached hydrogen (secondary N) is 1. The molecule has 1 heterocycles. The van der Waals surface area contributed by atoms with Crippen LogP contribution in [0.2, 0.25) is 0 Å². The first kappa shape index (κ1) is 18.7. The molecule has 1 aliphatic rings. The lowest BCUT2D eigenvalue weighted by molar-refractivity contribution is -0.120. The predicted molar refractivity (Wildman–Crippen MR) is 105 cm³/mol. The van der Waals surface area contributed by atoms with Crippen molar-refractivity contribution in [1.29, 1.82) is 0 Å². The summed E-state index contributed by atoms with van der Waals surface area (Å²) >= 11 is 0. The number of hydrogen-bond acceptors (Lipinski definition) is 5. The highest BCUT2D eigenvalue weighted by Gasteiger charge is 2.25. The Morgan fingerprint density at radius 3 is 2.15 bits per heavy atom. The van der Waals surface area contributed by atoms with E-state index in [0.29, 0.717) is 11.3 Å². The number of nitrogens with zero attached hydrogens (tertiary/aromatic N) is 2. The second-order valence-electron chi connectivity index (χ2n) is 6.65.